The van der Waals surface area contributed by atoms with Crippen molar-refractivity contribution in [3.63, 3.8) is 0 Å². The Labute approximate surface area is 163 Å². The Kier molecular flexibility index (Phi) is 6.84. The molecule has 0 unspecified atom stereocenters. The van der Waals surface area contributed by atoms with E-state index in [9.17, 15) is 14.0 Å². The maximum Gasteiger partial charge on any atom is 0.317 e. The van der Waals surface area contributed by atoms with Crippen LogP contribution in [0.5, 0.6) is 5.75 Å². The van der Waals surface area contributed by atoms with Gasteiger partial charge in [0, 0.05) is 24.7 Å². The van der Waals surface area contributed by atoms with Crippen molar-refractivity contribution in [1.82, 2.24) is 15.5 Å². The van der Waals surface area contributed by atoms with Crippen LogP contribution in [0, 0.1) is 5.82 Å². The maximum atomic E-state index is 12.8. The van der Waals surface area contributed by atoms with Gasteiger partial charge in [0.1, 0.15) is 18.2 Å². The smallest absolute Gasteiger partial charge is 0.317 e. The van der Waals surface area contributed by atoms with Gasteiger partial charge in [-0.1, -0.05) is 18.2 Å². The summed E-state index contributed by atoms with van der Waals surface area (Å²) >= 11 is 0. The number of carbonyl (C=O) groups is 2. The lowest BCUT2D eigenvalue weighted by molar-refractivity contribution is 0.0917. The minimum atomic E-state index is -0.316. The van der Waals surface area contributed by atoms with E-state index in [1.165, 1.54) is 12.1 Å². The molecule has 0 spiro atoms. The van der Waals surface area contributed by atoms with Crippen LogP contribution in [0.3, 0.4) is 0 Å². The van der Waals surface area contributed by atoms with Gasteiger partial charge in [-0.3, -0.25) is 4.79 Å². The van der Waals surface area contributed by atoms with E-state index in [4.69, 9.17) is 4.74 Å². The third kappa shape index (κ3) is 5.70. The monoisotopic (exact) mass is 385 g/mol. The third-order valence-electron chi connectivity index (χ3n) is 4.61. The summed E-state index contributed by atoms with van der Waals surface area (Å²) in [5, 5.41) is 5.84. The molecule has 0 atom stereocenters. The molecule has 0 bridgehead atoms. The number of benzene rings is 2. The van der Waals surface area contributed by atoms with E-state index in [-0.39, 0.29) is 23.8 Å². The Morgan fingerprint density at radius 2 is 1.71 bits per heavy atom. The Hall–Kier alpha value is -3.09. The quantitative estimate of drug-likeness (QED) is 0.752. The van der Waals surface area contributed by atoms with Gasteiger partial charge in [-0.05, 0) is 49.2 Å². The molecule has 3 rings (SSSR count). The van der Waals surface area contributed by atoms with Crippen LogP contribution in [-0.4, -0.2) is 49.1 Å². The van der Waals surface area contributed by atoms with E-state index in [1.54, 1.807) is 29.2 Å². The number of piperidine rings is 1. The summed E-state index contributed by atoms with van der Waals surface area (Å²) < 4.78 is 18.3. The van der Waals surface area contributed by atoms with E-state index >= 15 is 0 Å². The predicted octanol–water partition coefficient (Wildman–Crippen LogP) is 2.81. The molecule has 1 fully saturated rings. The summed E-state index contributed by atoms with van der Waals surface area (Å²) in [4.78, 5) is 26.2. The third-order valence-corrected chi connectivity index (χ3v) is 4.61. The van der Waals surface area contributed by atoms with Gasteiger partial charge in [0.2, 0.25) is 0 Å². The molecule has 0 saturated carbocycles. The molecule has 7 heteroatoms. The van der Waals surface area contributed by atoms with Crippen LogP contribution in [0.4, 0.5) is 9.18 Å². The Morgan fingerprint density at radius 3 is 2.39 bits per heavy atom. The molecule has 1 aliphatic heterocycles. The van der Waals surface area contributed by atoms with E-state index in [1.807, 2.05) is 18.2 Å². The van der Waals surface area contributed by atoms with Crippen LogP contribution in [0.1, 0.15) is 23.2 Å². The van der Waals surface area contributed by atoms with Gasteiger partial charge in [-0.25, -0.2) is 9.18 Å². The highest BCUT2D eigenvalue weighted by Crippen LogP contribution is 2.12. The highest BCUT2D eigenvalue weighted by atomic mass is 19.1. The predicted molar refractivity (Wildman–Crippen MR) is 104 cm³/mol. The molecule has 28 heavy (non-hydrogen) atoms. The second kappa shape index (κ2) is 9.73. The van der Waals surface area contributed by atoms with Gasteiger partial charge in [0.05, 0.1) is 6.54 Å². The molecule has 0 aromatic heterocycles. The van der Waals surface area contributed by atoms with E-state index in [0.29, 0.717) is 37.6 Å². The van der Waals surface area contributed by atoms with Crippen LogP contribution in [0.25, 0.3) is 0 Å². The molecule has 2 N–H and O–H groups in total. The molecule has 3 amide bonds. The molecule has 0 aliphatic carbocycles. The first-order valence-corrected chi connectivity index (χ1v) is 9.39. The largest absolute Gasteiger partial charge is 0.492 e. The van der Waals surface area contributed by atoms with Crippen molar-refractivity contribution < 1.29 is 18.7 Å². The van der Waals surface area contributed by atoms with Crippen molar-refractivity contribution in [2.24, 2.45) is 0 Å². The zero-order valence-electron chi connectivity index (χ0n) is 15.6. The van der Waals surface area contributed by atoms with Crippen LogP contribution in [-0.2, 0) is 0 Å². The number of likely N-dealkylation sites (tertiary alicyclic amines) is 1. The number of carbonyl (C=O) groups excluding carboxylic acids is 2. The number of nitrogens with zero attached hydrogens (tertiary/aromatic N) is 1. The Morgan fingerprint density at radius 1 is 1.04 bits per heavy atom. The Bertz CT molecular complexity index is 775. The summed E-state index contributed by atoms with van der Waals surface area (Å²) in [6.07, 6.45) is 1.44. The minimum absolute atomic E-state index is 0.0681. The van der Waals surface area contributed by atoms with Crippen molar-refractivity contribution in [3.05, 3.63) is 66.0 Å². The summed E-state index contributed by atoms with van der Waals surface area (Å²) in [5.74, 6) is 0.163. The summed E-state index contributed by atoms with van der Waals surface area (Å²) in [5.41, 5.74) is 0.642. The van der Waals surface area contributed by atoms with Gasteiger partial charge in [0.15, 0.2) is 0 Å². The zero-order valence-corrected chi connectivity index (χ0v) is 15.6. The SMILES string of the molecule is O=C(NC1CCN(C(=O)NCCOc2ccc(F)cc2)CC1)c1ccccc1. The first-order chi connectivity index (χ1) is 13.6. The highest BCUT2D eigenvalue weighted by molar-refractivity contribution is 5.94. The lowest BCUT2D eigenvalue weighted by atomic mass is 10.0. The van der Waals surface area contributed by atoms with E-state index in [2.05, 4.69) is 10.6 Å². The van der Waals surface area contributed by atoms with Crippen molar-refractivity contribution in [1.29, 1.82) is 0 Å². The Balaban J connectivity index is 1.33. The first-order valence-electron chi connectivity index (χ1n) is 9.39. The molecule has 2 aromatic carbocycles. The average Bonchev–Trinajstić information content (AvgIpc) is 2.73. The van der Waals surface area contributed by atoms with Crippen LogP contribution in [0.2, 0.25) is 0 Å². The van der Waals surface area contributed by atoms with E-state index in [0.717, 1.165) is 12.8 Å². The lowest BCUT2D eigenvalue weighted by Gasteiger charge is -2.32. The van der Waals surface area contributed by atoms with Crippen LogP contribution in [0.15, 0.2) is 54.6 Å². The summed E-state index contributed by atoms with van der Waals surface area (Å²) in [7, 11) is 0. The first kappa shape index (κ1) is 19.7. The van der Waals surface area contributed by atoms with Crippen LogP contribution < -0.4 is 15.4 Å². The fraction of sp³-hybridized carbons (Fsp3) is 0.333. The average molecular weight is 385 g/mol. The van der Waals surface area contributed by atoms with Crippen molar-refractivity contribution in [2.75, 3.05) is 26.2 Å². The number of urea groups is 1. The lowest BCUT2D eigenvalue weighted by Crippen LogP contribution is -2.49. The number of halogens is 1. The molecular formula is C21H24FN3O3. The number of hydrogen-bond acceptors (Lipinski definition) is 3. The van der Waals surface area contributed by atoms with E-state index < -0.39 is 0 Å². The van der Waals surface area contributed by atoms with Crippen molar-refractivity contribution >= 4 is 11.9 Å². The standard InChI is InChI=1S/C21H24FN3O3/c22-17-6-8-19(9-7-17)28-15-12-23-21(27)25-13-10-18(11-14-25)24-20(26)16-4-2-1-3-5-16/h1-9,18H,10-15H2,(H,23,27)(H,24,26). The van der Waals surface area contributed by atoms with Crippen molar-refractivity contribution in [2.45, 2.75) is 18.9 Å². The van der Waals surface area contributed by atoms with Crippen molar-refractivity contribution in [3.8, 4) is 5.75 Å². The highest BCUT2D eigenvalue weighted by Gasteiger charge is 2.23. The second-order valence-electron chi connectivity index (χ2n) is 6.64. The zero-order chi connectivity index (χ0) is 19.8. The van der Waals surface area contributed by atoms with Crippen LogP contribution >= 0.6 is 0 Å². The second-order valence-corrected chi connectivity index (χ2v) is 6.64. The maximum absolute atomic E-state index is 12.8. The van der Waals surface area contributed by atoms with Gasteiger partial charge < -0.3 is 20.3 Å². The normalized spacial score (nSPS) is 14.4. The summed E-state index contributed by atoms with van der Waals surface area (Å²) in [6.45, 7) is 1.84. The molecular weight excluding hydrogens is 361 g/mol. The van der Waals surface area contributed by atoms with Gasteiger partial charge in [-0.15, -0.1) is 0 Å². The molecule has 0 radical (unpaired) electrons. The van der Waals surface area contributed by atoms with Gasteiger partial charge >= 0.3 is 6.03 Å². The molecule has 6 nitrogen and oxygen atoms in total. The van der Waals surface area contributed by atoms with Gasteiger partial charge in [0.25, 0.3) is 5.91 Å². The molecule has 2 aromatic rings. The fourth-order valence-corrected chi connectivity index (χ4v) is 3.05. The number of rotatable bonds is 6. The van der Waals surface area contributed by atoms with Gasteiger partial charge in [-0.2, -0.15) is 0 Å². The number of nitrogens with one attached hydrogen (secondary N) is 2. The number of ether oxygens (including phenoxy) is 1. The summed E-state index contributed by atoms with van der Waals surface area (Å²) in [6, 6.07) is 14.8. The topological polar surface area (TPSA) is 70.7 Å². The molecule has 148 valence electrons. The molecule has 1 heterocycles. The molecule has 1 saturated heterocycles. The molecule has 1 aliphatic rings. The number of hydrogen-bond donors (Lipinski definition) is 2. The fourth-order valence-electron chi connectivity index (χ4n) is 3.05. The minimum Gasteiger partial charge on any atom is -0.492 e. The number of amides is 3.